The van der Waals surface area contributed by atoms with Crippen LogP contribution in [0, 0.1) is 0 Å². The quantitative estimate of drug-likeness (QED) is 0.575. The van der Waals surface area contributed by atoms with Gasteiger partial charge in [0, 0.05) is 24.2 Å². The molecule has 2 bridgehead atoms. The number of hydrogen-bond acceptors (Lipinski definition) is 2. The molecule has 1 heterocycles. The topological polar surface area (TPSA) is 25.8 Å². The Kier molecular flexibility index (Phi) is 1.85. The zero-order chi connectivity index (χ0) is 10.6. The number of hydrogen-bond donors (Lipinski definition) is 0. The van der Waals surface area contributed by atoms with Crippen LogP contribution in [0.1, 0.15) is 43.0 Å². The summed E-state index contributed by atoms with van der Waals surface area (Å²) in [6, 6.07) is 0. The van der Waals surface area contributed by atoms with Gasteiger partial charge in [-0.15, -0.1) is 0 Å². The second-order valence-electron chi connectivity index (χ2n) is 4.56. The molecule has 15 heavy (non-hydrogen) atoms. The van der Waals surface area contributed by atoms with E-state index in [2.05, 4.69) is 39.4 Å². The molecular formula is C12H13BrN2. The highest BCUT2D eigenvalue weighted by molar-refractivity contribution is 9.10. The zero-order valence-corrected chi connectivity index (χ0v) is 10.3. The Hall–Kier alpha value is -0.700. The number of rotatable bonds is 1. The summed E-state index contributed by atoms with van der Waals surface area (Å²) in [6.45, 7) is 6.23. The van der Waals surface area contributed by atoms with Gasteiger partial charge < -0.3 is 0 Å². The average molecular weight is 265 g/mol. The van der Waals surface area contributed by atoms with Crippen LogP contribution < -0.4 is 0 Å². The van der Waals surface area contributed by atoms with Crippen molar-refractivity contribution in [1.82, 2.24) is 9.97 Å². The van der Waals surface area contributed by atoms with E-state index in [9.17, 15) is 0 Å². The van der Waals surface area contributed by atoms with E-state index in [4.69, 9.17) is 0 Å². The Balaban J connectivity index is 2.20. The predicted molar refractivity (Wildman–Crippen MR) is 63.2 cm³/mol. The molecule has 1 fully saturated rings. The zero-order valence-electron chi connectivity index (χ0n) is 8.70. The highest BCUT2D eigenvalue weighted by Crippen LogP contribution is 2.64. The van der Waals surface area contributed by atoms with E-state index in [-0.39, 0.29) is 4.32 Å². The summed E-state index contributed by atoms with van der Waals surface area (Å²) in [5.41, 5.74) is 3.58. The first kappa shape index (κ1) is 9.52. The molecule has 0 saturated heterocycles. The summed E-state index contributed by atoms with van der Waals surface area (Å²) in [6.07, 6.45) is 6.00. The predicted octanol–water partition coefficient (Wildman–Crippen LogP) is 3.16. The molecule has 1 saturated carbocycles. The van der Waals surface area contributed by atoms with Crippen LogP contribution in [0.25, 0.3) is 0 Å². The first-order chi connectivity index (χ1) is 7.15. The molecule has 0 aliphatic heterocycles. The first-order valence-corrected chi connectivity index (χ1v) is 6.10. The van der Waals surface area contributed by atoms with E-state index in [1.54, 1.807) is 12.4 Å². The van der Waals surface area contributed by atoms with Crippen molar-refractivity contribution in [3.8, 4) is 0 Å². The molecule has 2 unspecified atom stereocenters. The van der Waals surface area contributed by atoms with E-state index in [1.165, 1.54) is 29.8 Å². The second-order valence-corrected chi connectivity index (χ2v) is 5.87. The van der Waals surface area contributed by atoms with Gasteiger partial charge in [0.15, 0.2) is 0 Å². The van der Waals surface area contributed by atoms with E-state index in [0.29, 0.717) is 11.8 Å². The van der Waals surface area contributed by atoms with Gasteiger partial charge in [0.2, 0.25) is 0 Å². The van der Waals surface area contributed by atoms with Crippen LogP contribution in [0.5, 0.6) is 0 Å². The van der Waals surface area contributed by atoms with Crippen LogP contribution in [0.4, 0.5) is 0 Å². The molecule has 0 amide bonds. The van der Waals surface area contributed by atoms with Gasteiger partial charge >= 0.3 is 0 Å². The molecule has 3 heteroatoms. The molecule has 3 rings (SSSR count). The van der Waals surface area contributed by atoms with E-state index < -0.39 is 0 Å². The van der Waals surface area contributed by atoms with Gasteiger partial charge in [-0.25, -0.2) is 0 Å². The highest BCUT2D eigenvalue weighted by atomic mass is 79.9. The van der Waals surface area contributed by atoms with E-state index >= 15 is 0 Å². The van der Waals surface area contributed by atoms with E-state index in [0.717, 1.165) is 0 Å². The molecule has 1 aromatic heterocycles. The summed E-state index contributed by atoms with van der Waals surface area (Å²) < 4.78 is 0.0245. The smallest absolute Gasteiger partial charge is 0.0670 e. The molecule has 0 spiro atoms. The standard InChI is InChI=1S/C12H13BrN2/c1-7(2)12(13)8-3-4-9(12)11-10(8)14-5-6-15-11/h5-6,8-9H,1,3-4H2,2H3. The summed E-state index contributed by atoms with van der Waals surface area (Å²) in [7, 11) is 0. The number of nitrogens with zero attached hydrogens (tertiary/aromatic N) is 2. The normalized spacial score (nSPS) is 36.7. The van der Waals surface area contributed by atoms with Crippen LogP contribution in [0.2, 0.25) is 0 Å². The number of halogens is 1. The molecule has 78 valence electrons. The van der Waals surface area contributed by atoms with Crippen molar-refractivity contribution >= 4 is 15.9 Å². The van der Waals surface area contributed by atoms with Crippen LogP contribution in [-0.2, 0) is 0 Å². The lowest BCUT2D eigenvalue weighted by molar-refractivity contribution is 0.622. The molecule has 2 nitrogen and oxygen atoms in total. The van der Waals surface area contributed by atoms with Crippen LogP contribution in [0.15, 0.2) is 24.5 Å². The van der Waals surface area contributed by atoms with Crippen molar-refractivity contribution < 1.29 is 0 Å². The van der Waals surface area contributed by atoms with Gasteiger partial charge in [0.05, 0.1) is 15.7 Å². The SMILES string of the molecule is C=C(C)C1(Br)C2CCC1c1nccnc12. The Labute approximate surface area is 98.0 Å². The van der Waals surface area contributed by atoms with Gasteiger partial charge in [-0.2, -0.15) is 0 Å². The largest absolute Gasteiger partial charge is 0.257 e. The van der Waals surface area contributed by atoms with Crippen molar-refractivity contribution in [3.05, 3.63) is 35.9 Å². The first-order valence-electron chi connectivity index (χ1n) is 5.31. The lowest BCUT2D eigenvalue weighted by Gasteiger charge is -2.27. The third-order valence-electron chi connectivity index (χ3n) is 3.83. The number of allylic oxidation sites excluding steroid dienone is 1. The van der Waals surface area contributed by atoms with Crippen molar-refractivity contribution in [2.45, 2.75) is 35.9 Å². The van der Waals surface area contributed by atoms with Gasteiger partial charge in [-0.1, -0.05) is 28.1 Å². The molecule has 0 radical (unpaired) electrons. The molecular weight excluding hydrogens is 252 g/mol. The van der Waals surface area contributed by atoms with Crippen molar-refractivity contribution in [2.24, 2.45) is 0 Å². The van der Waals surface area contributed by atoms with Crippen LogP contribution in [-0.4, -0.2) is 14.3 Å². The molecule has 2 atom stereocenters. The fourth-order valence-electron chi connectivity index (χ4n) is 3.16. The maximum Gasteiger partial charge on any atom is 0.0670 e. The van der Waals surface area contributed by atoms with Gasteiger partial charge in [0.1, 0.15) is 0 Å². The van der Waals surface area contributed by atoms with Crippen molar-refractivity contribution in [2.75, 3.05) is 0 Å². The number of alkyl halides is 1. The van der Waals surface area contributed by atoms with Crippen molar-refractivity contribution in [3.63, 3.8) is 0 Å². The summed E-state index contributed by atoms with van der Waals surface area (Å²) in [5, 5.41) is 0. The fraction of sp³-hybridized carbons (Fsp3) is 0.500. The maximum absolute atomic E-state index is 4.49. The Morgan fingerprint density at radius 2 is 1.80 bits per heavy atom. The Bertz CT molecular complexity index is 410. The van der Waals surface area contributed by atoms with Gasteiger partial charge in [-0.05, 0) is 19.8 Å². The van der Waals surface area contributed by atoms with Crippen LogP contribution >= 0.6 is 15.9 Å². The van der Waals surface area contributed by atoms with Crippen molar-refractivity contribution in [1.29, 1.82) is 0 Å². The lowest BCUT2D eigenvalue weighted by atomic mass is 9.89. The minimum atomic E-state index is 0.0245. The summed E-state index contributed by atoms with van der Waals surface area (Å²) in [5.74, 6) is 0.951. The molecule has 1 aromatic rings. The lowest BCUT2D eigenvalue weighted by Crippen LogP contribution is -2.25. The third kappa shape index (κ3) is 0.996. The van der Waals surface area contributed by atoms with E-state index in [1.807, 2.05) is 0 Å². The number of aromatic nitrogens is 2. The molecule has 0 aromatic carbocycles. The Morgan fingerprint density at radius 3 is 2.20 bits per heavy atom. The van der Waals surface area contributed by atoms with Gasteiger partial charge in [0.25, 0.3) is 0 Å². The minimum absolute atomic E-state index is 0.0245. The highest BCUT2D eigenvalue weighted by Gasteiger charge is 2.58. The fourth-order valence-corrected chi connectivity index (χ4v) is 4.05. The Morgan fingerprint density at radius 1 is 1.33 bits per heavy atom. The summed E-state index contributed by atoms with van der Waals surface area (Å²) >= 11 is 3.90. The maximum atomic E-state index is 4.49. The monoisotopic (exact) mass is 264 g/mol. The van der Waals surface area contributed by atoms with Gasteiger partial charge in [-0.3, -0.25) is 9.97 Å². The number of fused-ring (bicyclic) bond motifs is 5. The summed E-state index contributed by atoms with van der Waals surface area (Å²) in [4.78, 5) is 8.97. The second kappa shape index (κ2) is 2.91. The molecule has 2 aliphatic carbocycles. The molecule has 2 aliphatic rings. The average Bonchev–Trinajstić information content (AvgIpc) is 2.70. The minimum Gasteiger partial charge on any atom is -0.257 e. The van der Waals surface area contributed by atoms with Crippen LogP contribution in [0.3, 0.4) is 0 Å². The third-order valence-corrected chi connectivity index (χ3v) is 5.61. The molecule has 0 N–H and O–H groups in total.